The number of carbonyl (C=O) groups is 1. The number of aryl methyl sites for hydroxylation is 1. The number of carbonyl (C=O) groups excluding carboxylic acids is 1. The molecule has 0 aliphatic heterocycles. The number of hydrogen-bond donors (Lipinski definition) is 0. The summed E-state index contributed by atoms with van der Waals surface area (Å²) >= 11 is 0. The van der Waals surface area contributed by atoms with Crippen LogP contribution in [0.3, 0.4) is 0 Å². The highest BCUT2D eigenvalue weighted by Crippen LogP contribution is 2.21. The molecule has 0 heterocycles. The summed E-state index contributed by atoms with van der Waals surface area (Å²) in [6, 6.07) is 17.7. The summed E-state index contributed by atoms with van der Waals surface area (Å²) in [6.07, 6.45) is 3.22. The van der Waals surface area contributed by atoms with Gasteiger partial charge in [0.15, 0.2) is 0 Å². The van der Waals surface area contributed by atoms with E-state index in [-0.39, 0.29) is 12.4 Å². The minimum absolute atomic E-state index is 0.249. The number of rotatable bonds is 3. The summed E-state index contributed by atoms with van der Waals surface area (Å²) in [5.41, 5.74) is 4.20. The average Bonchev–Trinajstić information content (AvgIpc) is 2.54. The fraction of sp³-hybridized carbons (Fsp3) is 0.222. The van der Waals surface area contributed by atoms with Crippen molar-refractivity contribution in [2.24, 2.45) is 5.16 Å². The minimum Gasteiger partial charge on any atom is -0.318 e. The molecular formula is C18H17NO2. The van der Waals surface area contributed by atoms with Gasteiger partial charge < -0.3 is 4.84 Å². The van der Waals surface area contributed by atoms with E-state index in [1.807, 2.05) is 48.5 Å². The molecule has 2 aromatic rings. The largest absolute Gasteiger partial charge is 0.339 e. The van der Waals surface area contributed by atoms with E-state index >= 15 is 0 Å². The van der Waals surface area contributed by atoms with Gasteiger partial charge in [0.25, 0.3) is 0 Å². The maximum Gasteiger partial charge on any atom is 0.339 e. The lowest BCUT2D eigenvalue weighted by atomic mass is 9.90. The van der Waals surface area contributed by atoms with Crippen LogP contribution in [0.15, 0.2) is 59.8 Å². The molecule has 3 heteroatoms. The number of fused-ring (bicyclic) bond motifs is 1. The van der Waals surface area contributed by atoms with Crippen LogP contribution in [0.5, 0.6) is 0 Å². The van der Waals surface area contributed by atoms with E-state index in [1.54, 1.807) is 0 Å². The Balaban J connectivity index is 1.68. The fourth-order valence-electron chi connectivity index (χ4n) is 2.60. The maximum atomic E-state index is 11.8. The summed E-state index contributed by atoms with van der Waals surface area (Å²) in [6.45, 7) is 0. The molecule has 0 radical (unpaired) electrons. The Labute approximate surface area is 124 Å². The molecule has 0 saturated heterocycles. The predicted octanol–water partition coefficient (Wildman–Crippen LogP) is 3.51. The van der Waals surface area contributed by atoms with E-state index in [1.165, 1.54) is 5.56 Å². The second-order valence-electron chi connectivity index (χ2n) is 5.17. The van der Waals surface area contributed by atoms with Gasteiger partial charge >= 0.3 is 5.97 Å². The lowest BCUT2D eigenvalue weighted by Crippen LogP contribution is -2.14. The van der Waals surface area contributed by atoms with Gasteiger partial charge in [-0.15, -0.1) is 0 Å². The molecule has 21 heavy (non-hydrogen) atoms. The van der Waals surface area contributed by atoms with E-state index in [0.29, 0.717) is 0 Å². The van der Waals surface area contributed by atoms with Crippen molar-refractivity contribution in [3.63, 3.8) is 0 Å². The number of hydrogen-bond acceptors (Lipinski definition) is 3. The van der Waals surface area contributed by atoms with Gasteiger partial charge in [0, 0.05) is 5.56 Å². The Morgan fingerprint density at radius 3 is 2.62 bits per heavy atom. The molecule has 3 rings (SSSR count). The maximum absolute atomic E-state index is 11.8. The summed E-state index contributed by atoms with van der Waals surface area (Å²) in [4.78, 5) is 16.9. The van der Waals surface area contributed by atoms with E-state index in [0.717, 1.165) is 36.1 Å². The second kappa shape index (κ2) is 6.35. The Morgan fingerprint density at radius 2 is 1.76 bits per heavy atom. The van der Waals surface area contributed by atoms with Crippen molar-refractivity contribution < 1.29 is 9.63 Å². The van der Waals surface area contributed by atoms with Crippen LogP contribution in [-0.2, 0) is 22.5 Å². The topological polar surface area (TPSA) is 38.7 Å². The van der Waals surface area contributed by atoms with Crippen molar-refractivity contribution in [1.82, 2.24) is 0 Å². The van der Waals surface area contributed by atoms with Gasteiger partial charge in [0.1, 0.15) is 0 Å². The minimum atomic E-state index is -0.322. The number of nitrogens with zero attached hydrogens (tertiary/aromatic N) is 1. The van der Waals surface area contributed by atoms with Crippen LogP contribution in [0.4, 0.5) is 0 Å². The lowest BCUT2D eigenvalue weighted by molar-refractivity contribution is -0.142. The zero-order valence-electron chi connectivity index (χ0n) is 11.8. The Kier molecular flexibility index (Phi) is 4.10. The Bertz CT molecular complexity index is 662. The first kappa shape index (κ1) is 13.6. The molecule has 2 aromatic carbocycles. The molecule has 106 valence electrons. The summed E-state index contributed by atoms with van der Waals surface area (Å²) < 4.78 is 0. The predicted molar refractivity (Wildman–Crippen MR) is 82.2 cm³/mol. The third-order valence-electron chi connectivity index (χ3n) is 3.64. The van der Waals surface area contributed by atoms with Crippen LogP contribution in [0.2, 0.25) is 0 Å². The first-order valence-electron chi connectivity index (χ1n) is 7.22. The van der Waals surface area contributed by atoms with Crippen molar-refractivity contribution in [2.75, 3.05) is 0 Å². The van der Waals surface area contributed by atoms with Gasteiger partial charge in [-0.2, -0.15) is 0 Å². The smallest absolute Gasteiger partial charge is 0.318 e. The first-order chi connectivity index (χ1) is 10.3. The molecule has 0 atom stereocenters. The highest BCUT2D eigenvalue weighted by atomic mass is 16.7. The molecule has 0 fully saturated rings. The first-order valence-corrected chi connectivity index (χ1v) is 7.22. The van der Waals surface area contributed by atoms with Crippen LogP contribution in [0.25, 0.3) is 0 Å². The lowest BCUT2D eigenvalue weighted by Gasteiger charge is -2.16. The number of oxime groups is 1. The zero-order valence-corrected chi connectivity index (χ0v) is 11.8. The van der Waals surface area contributed by atoms with Gasteiger partial charge in [-0.05, 0) is 30.4 Å². The molecule has 1 aliphatic rings. The van der Waals surface area contributed by atoms with Crippen LogP contribution in [0.1, 0.15) is 29.5 Å². The zero-order chi connectivity index (χ0) is 14.5. The van der Waals surface area contributed by atoms with Gasteiger partial charge in [0.05, 0.1) is 12.1 Å². The van der Waals surface area contributed by atoms with Gasteiger partial charge in [-0.3, -0.25) is 0 Å². The van der Waals surface area contributed by atoms with Crippen molar-refractivity contribution >= 4 is 11.7 Å². The van der Waals surface area contributed by atoms with Crippen LogP contribution >= 0.6 is 0 Å². The van der Waals surface area contributed by atoms with Crippen molar-refractivity contribution in [2.45, 2.75) is 25.7 Å². The SMILES string of the molecule is O=C(Cc1ccccc1)O/N=C1/CCCc2ccccc21. The van der Waals surface area contributed by atoms with E-state index in [9.17, 15) is 4.79 Å². The molecule has 0 unspecified atom stereocenters. The molecule has 1 aliphatic carbocycles. The van der Waals surface area contributed by atoms with Crippen molar-refractivity contribution in [3.8, 4) is 0 Å². The van der Waals surface area contributed by atoms with E-state index < -0.39 is 0 Å². The van der Waals surface area contributed by atoms with E-state index in [2.05, 4.69) is 11.2 Å². The molecular weight excluding hydrogens is 262 g/mol. The molecule has 0 aromatic heterocycles. The monoisotopic (exact) mass is 279 g/mol. The third-order valence-corrected chi connectivity index (χ3v) is 3.64. The van der Waals surface area contributed by atoms with Crippen molar-refractivity contribution in [1.29, 1.82) is 0 Å². The quantitative estimate of drug-likeness (QED) is 0.637. The Hall–Kier alpha value is -2.42. The molecule has 3 nitrogen and oxygen atoms in total. The molecule has 0 saturated carbocycles. The van der Waals surface area contributed by atoms with Gasteiger partial charge in [0.2, 0.25) is 0 Å². The highest BCUT2D eigenvalue weighted by molar-refractivity contribution is 6.02. The van der Waals surface area contributed by atoms with Crippen LogP contribution in [-0.4, -0.2) is 11.7 Å². The molecule has 0 amide bonds. The van der Waals surface area contributed by atoms with Crippen LogP contribution in [0, 0.1) is 0 Å². The summed E-state index contributed by atoms with van der Waals surface area (Å²) in [7, 11) is 0. The highest BCUT2D eigenvalue weighted by Gasteiger charge is 2.16. The molecule has 0 bridgehead atoms. The summed E-state index contributed by atoms with van der Waals surface area (Å²) in [5, 5.41) is 4.09. The second-order valence-corrected chi connectivity index (χ2v) is 5.17. The van der Waals surface area contributed by atoms with Crippen molar-refractivity contribution in [3.05, 3.63) is 71.3 Å². The van der Waals surface area contributed by atoms with Crippen LogP contribution < -0.4 is 0 Å². The fourth-order valence-corrected chi connectivity index (χ4v) is 2.60. The number of benzene rings is 2. The standard InChI is InChI=1S/C18H17NO2/c20-18(13-14-7-2-1-3-8-14)21-19-17-12-6-10-15-9-4-5-11-16(15)17/h1-5,7-9,11H,6,10,12-13H2/b19-17-. The average molecular weight is 279 g/mol. The van der Waals surface area contributed by atoms with E-state index in [4.69, 9.17) is 4.84 Å². The van der Waals surface area contributed by atoms with Gasteiger partial charge in [-0.25, -0.2) is 4.79 Å². The summed E-state index contributed by atoms with van der Waals surface area (Å²) in [5.74, 6) is -0.322. The Morgan fingerprint density at radius 1 is 1.00 bits per heavy atom. The molecule has 0 spiro atoms. The van der Waals surface area contributed by atoms with Gasteiger partial charge in [-0.1, -0.05) is 59.8 Å². The normalized spacial score (nSPS) is 15.5. The third kappa shape index (κ3) is 3.37. The molecule has 0 N–H and O–H groups in total.